The predicted molar refractivity (Wildman–Crippen MR) is 101 cm³/mol. The quantitative estimate of drug-likeness (QED) is 0.627. The molecule has 1 saturated carbocycles. The third-order valence-corrected chi connectivity index (χ3v) is 5.08. The molecule has 0 spiro atoms. The van der Waals surface area contributed by atoms with Crippen LogP contribution in [0.2, 0.25) is 0 Å². The number of hydrogen-bond acceptors (Lipinski definition) is 4. The highest BCUT2D eigenvalue weighted by Gasteiger charge is 2.28. The fraction of sp³-hybridized carbons (Fsp3) is 0.333. The van der Waals surface area contributed by atoms with Crippen molar-refractivity contribution in [2.24, 2.45) is 0 Å². The SMILES string of the molecule is CO[C@@H]1CCC[C@H](OC(=O)c2cnn(-c3ccccc3F)c2-n2cccc2)C1. The van der Waals surface area contributed by atoms with Gasteiger partial charge in [0.15, 0.2) is 5.82 Å². The first-order valence-corrected chi connectivity index (χ1v) is 9.37. The fourth-order valence-electron chi connectivity index (χ4n) is 3.65. The second-order valence-corrected chi connectivity index (χ2v) is 6.89. The molecule has 1 aromatic carbocycles. The van der Waals surface area contributed by atoms with Crippen molar-refractivity contribution in [3.63, 3.8) is 0 Å². The molecular formula is C21H22FN3O3. The van der Waals surface area contributed by atoms with Gasteiger partial charge in [0.2, 0.25) is 0 Å². The molecule has 1 fully saturated rings. The molecule has 0 radical (unpaired) electrons. The molecule has 2 aromatic heterocycles. The number of carbonyl (C=O) groups excluding carboxylic acids is 1. The Morgan fingerprint density at radius 3 is 2.64 bits per heavy atom. The third-order valence-electron chi connectivity index (χ3n) is 5.08. The van der Waals surface area contributed by atoms with Crippen molar-refractivity contribution in [2.75, 3.05) is 7.11 Å². The van der Waals surface area contributed by atoms with E-state index in [1.807, 2.05) is 12.1 Å². The summed E-state index contributed by atoms with van der Waals surface area (Å²) in [6.45, 7) is 0. The van der Waals surface area contributed by atoms with Crippen LogP contribution in [0.5, 0.6) is 0 Å². The summed E-state index contributed by atoms with van der Waals surface area (Å²) in [6.07, 6.45) is 8.34. The molecule has 0 aliphatic heterocycles. The number of hydrogen-bond donors (Lipinski definition) is 0. The van der Waals surface area contributed by atoms with Gasteiger partial charge in [-0.3, -0.25) is 0 Å². The Bertz CT molecular complexity index is 952. The van der Waals surface area contributed by atoms with Crippen LogP contribution in [0.25, 0.3) is 11.5 Å². The number of para-hydroxylation sites is 1. The van der Waals surface area contributed by atoms with Crippen LogP contribution in [0.4, 0.5) is 4.39 Å². The Morgan fingerprint density at radius 2 is 1.89 bits per heavy atom. The van der Waals surface area contributed by atoms with Crippen LogP contribution in [0.3, 0.4) is 0 Å². The number of rotatable bonds is 5. The van der Waals surface area contributed by atoms with Gasteiger partial charge >= 0.3 is 5.97 Å². The van der Waals surface area contributed by atoms with Crippen LogP contribution < -0.4 is 0 Å². The van der Waals surface area contributed by atoms with E-state index in [9.17, 15) is 9.18 Å². The largest absolute Gasteiger partial charge is 0.459 e. The Balaban J connectivity index is 1.68. The molecule has 0 amide bonds. The zero-order chi connectivity index (χ0) is 19.5. The van der Waals surface area contributed by atoms with E-state index in [-0.39, 0.29) is 17.9 Å². The lowest BCUT2D eigenvalue weighted by Gasteiger charge is -2.27. The van der Waals surface area contributed by atoms with Gasteiger partial charge < -0.3 is 14.0 Å². The topological polar surface area (TPSA) is 58.3 Å². The normalized spacial score (nSPS) is 19.5. The molecule has 146 valence electrons. The minimum atomic E-state index is -0.465. The summed E-state index contributed by atoms with van der Waals surface area (Å²) in [5, 5.41) is 4.28. The predicted octanol–water partition coefficient (Wildman–Crippen LogP) is 3.92. The molecule has 0 saturated heterocycles. The zero-order valence-electron chi connectivity index (χ0n) is 15.6. The lowest BCUT2D eigenvalue weighted by atomic mass is 9.95. The van der Waals surface area contributed by atoms with Gasteiger partial charge in [0.05, 0.1) is 12.3 Å². The average molecular weight is 383 g/mol. The highest BCUT2D eigenvalue weighted by atomic mass is 19.1. The van der Waals surface area contributed by atoms with Crippen molar-refractivity contribution < 1.29 is 18.7 Å². The van der Waals surface area contributed by atoms with Crippen molar-refractivity contribution in [1.82, 2.24) is 14.3 Å². The molecule has 6 nitrogen and oxygen atoms in total. The lowest BCUT2D eigenvalue weighted by molar-refractivity contribution is -0.0149. The summed E-state index contributed by atoms with van der Waals surface area (Å²) >= 11 is 0. The van der Waals surface area contributed by atoms with Crippen molar-refractivity contribution in [3.8, 4) is 11.5 Å². The third kappa shape index (κ3) is 3.57. The van der Waals surface area contributed by atoms with Gasteiger partial charge in [0.25, 0.3) is 0 Å². The summed E-state index contributed by atoms with van der Waals surface area (Å²) in [6, 6.07) is 9.99. The highest BCUT2D eigenvalue weighted by Crippen LogP contribution is 2.26. The van der Waals surface area contributed by atoms with Crippen LogP contribution in [-0.4, -0.2) is 39.6 Å². The van der Waals surface area contributed by atoms with E-state index in [0.29, 0.717) is 17.8 Å². The first kappa shape index (κ1) is 18.4. The minimum absolute atomic E-state index is 0.108. The first-order chi connectivity index (χ1) is 13.7. The zero-order valence-corrected chi connectivity index (χ0v) is 15.6. The van der Waals surface area contributed by atoms with Crippen LogP contribution in [0.1, 0.15) is 36.0 Å². The number of methoxy groups -OCH3 is 1. The van der Waals surface area contributed by atoms with Gasteiger partial charge in [0, 0.05) is 25.9 Å². The molecule has 1 aliphatic rings. The molecule has 0 N–H and O–H groups in total. The Kier molecular flexibility index (Phi) is 5.25. The Labute approximate surface area is 162 Å². The van der Waals surface area contributed by atoms with E-state index in [4.69, 9.17) is 9.47 Å². The summed E-state index contributed by atoms with van der Waals surface area (Å²) in [5.74, 6) is -0.443. The maximum Gasteiger partial charge on any atom is 0.343 e. The molecule has 1 aliphatic carbocycles. The molecule has 3 aromatic rings. The monoisotopic (exact) mass is 383 g/mol. The molecule has 2 atom stereocenters. The summed E-state index contributed by atoms with van der Waals surface area (Å²) in [4.78, 5) is 12.9. The molecule has 7 heteroatoms. The van der Waals surface area contributed by atoms with Crippen molar-refractivity contribution in [2.45, 2.75) is 37.9 Å². The standard InChI is InChI=1S/C21H22FN3O3/c1-27-15-7-6-8-16(13-15)28-21(26)17-14-23-25(19-10-3-2-9-18(19)22)20(17)24-11-4-5-12-24/h2-5,9-12,14-16H,6-8,13H2,1H3/t15-,16+/m1/s1. The minimum Gasteiger partial charge on any atom is -0.459 e. The van der Waals surface area contributed by atoms with Crippen LogP contribution in [0.15, 0.2) is 55.0 Å². The number of ether oxygens (including phenoxy) is 2. The second-order valence-electron chi connectivity index (χ2n) is 6.89. The van der Waals surface area contributed by atoms with Gasteiger partial charge in [-0.05, 0) is 43.5 Å². The lowest BCUT2D eigenvalue weighted by Crippen LogP contribution is -2.29. The van der Waals surface area contributed by atoms with Crippen molar-refractivity contribution in [1.29, 1.82) is 0 Å². The van der Waals surface area contributed by atoms with Gasteiger partial charge in [-0.25, -0.2) is 13.9 Å². The Hall–Kier alpha value is -2.93. The molecule has 2 heterocycles. The average Bonchev–Trinajstić information content (AvgIpc) is 3.38. The number of esters is 1. The van der Waals surface area contributed by atoms with Gasteiger partial charge in [0.1, 0.15) is 23.2 Å². The molecule has 0 unspecified atom stereocenters. The van der Waals surface area contributed by atoms with Gasteiger partial charge in [-0.2, -0.15) is 5.10 Å². The summed E-state index contributed by atoms with van der Waals surface area (Å²) < 4.78 is 28.7. The second kappa shape index (κ2) is 7.98. The van der Waals surface area contributed by atoms with Crippen LogP contribution >= 0.6 is 0 Å². The van der Waals surface area contributed by atoms with Crippen LogP contribution in [0, 0.1) is 5.82 Å². The highest BCUT2D eigenvalue weighted by molar-refractivity contribution is 5.93. The fourth-order valence-corrected chi connectivity index (χ4v) is 3.65. The summed E-state index contributed by atoms with van der Waals surface area (Å²) in [5.41, 5.74) is 0.557. The van der Waals surface area contributed by atoms with Crippen LogP contribution in [-0.2, 0) is 9.47 Å². The summed E-state index contributed by atoms with van der Waals surface area (Å²) in [7, 11) is 1.68. The van der Waals surface area contributed by atoms with E-state index in [1.165, 1.54) is 16.9 Å². The van der Waals surface area contributed by atoms with E-state index in [2.05, 4.69) is 5.10 Å². The van der Waals surface area contributed by atoms with E-state index in [0.717, 1.165) is 19.3 Å². The van der Waals surface area contributed by atoms with Crippen molar-refractivity contribution in [3.05, 3.63) is 66.4 Å². The van der Waals surface area contributed by atoms with Crippen molar-refractivity contribution >= 4 is 5.97 Å². The molecule has 4 rings (SSSR count). The van der Waals surface area contributed by atoms with E-state index in [1.54, 1.807) is 42.3 Å². The number of halogens is 1. The number of carbonyl (C=O) groups is 1. The van der Waals surface area contributed by atoms with E-state index >= 15 is 0 Å². The Morgan fingerprint density at radius 1 is 1.14 bits per heavy atom. The maximum absolute atomic E-state index is 14.4. The molecule has 0 bridgehead atoms. The van der Waals surface area contributed by atoms with E-state index < -0.39 is 11.8 Å². The van der Waals surface area contributed by atoms with Gasteiger partial charge in [-0.1, -0.05) is 12.1 Å². The maximum atomic E-state index is 14.4. The number of benzene rings is 1. The number of nitrogens with zero attached hydrogens (tertiary/aromatic N) is 3. The first-order valence-electron chi connectivity index (χ1n) is 9.37. The molecular weight excluding hydrogens is 361 g/mol. The molecule has 28 heavy (non-hydrogen) atoms. The number of aromatic nitrogens is 3. The smallest absolute Gasteiger partial charge is 0.343 e. The van der Waals surface area contributed by atoms with Gasteiger partial charge in [-0.15, -0.1) is 0 Å².